The maximum absolute atomic E-state index is 13.9. The molecule has 2 aliphatic heterocycles. The van der Waals surface area contributed by atoms with Crippen LogP contribution in [0.15, 0.2) is 23.1 Å². The highest BCUT2D eigenvalue weighted by Crippen LogP contribution is 2.33. The van der Waals surface area contributed by atoms with Crippen LogP contribution in [0.3, 0.4) is 0 Å². The number of fused-ring (bicyclic) bond motifs is 3. The van der Waals surface area contributed by atoms with Crippen molar-refractivity contribution in [3.8, 4) is 5.75 Å². The van der Waals surface area contributed by atoms with Gasteiger partial charge in [0.2, 0.25) is 5.43 Å². The Morgan fingerprint density at radius 1 is 1.21 bits per heavy atom. The first-order chi connectivity index (χ1) is 16.0. The number of hydrogen-bond acceptors (Lipinski definition) is 5. The summed E-state index contributed by atoms with van der Waals surface area (Å²) < 4.78 is 42.3. The van der Waals surface area contributed by atoms with Crippen LogP contribution in [0.2, 0.25) is 0 Å². The molecule has 0 radical (unpaired) electrons. The molecule has 2 N–H and O–H groups in total. The average Bonchev–Trinajstić information content (AvgIpc) is 2.74. The minimum absolute atomic E-state index is 0.197. The molecule has 3 heterocycles. The number of carbonyl (C=O) groups excluding carboxylic acids is 2. The first-order valence-electron chi connectivity index (χ1n) is 11.0. The van der Waals surface area contributed by atoms with Crippen LogP contribution in [0.25, 0.3) is 0 Å². The second-order valence-corrected chi connectivity index (χ2v) is 9.02. The third kappa shape index (κ3) is 3.88. The number of nitrogens with zero attached hydrogens (tertiary/aromatic N) is 3. The number of pyridine rings is 1. The molecule has 2 amide bonds. The van der Waals surface area contributed by atoms with Crippen LogP contribution in [-0.4, -0.2) is 45.2 Å². The van der Waals surface area contributed by atoms with Crippen molar-refractivity contribution in [2.45, 2.75) is 52.4 Å². The van der Waals surface area contributed by atoms with Crippen molar-refractivity contribution < 1.29 is 27.9 Å². The molecule has 182 valence electrons. The predicted molar refractivity (Wildman–Crippen MR) is 116 cm³/mol. The SMILES string of the molecule is CC(C)N1C(=O)c2c(O)c(=O)c(C(=O)NCc3c(F)cc(F)cc3F)cn2N2CC[C@@H](C)C[C@@H]12. The topological polar surface area (TPSA) is 94.9 Å². The molecule has 2 aliphatic rings. The van der Waals surface area contributed by atoms with Crippen LogP contribution in [0.4, 0.5) is 13.2 Å². The standard InChI is InChI=1S/C23H25F3N4O4/c1-11(2)30-18-6-12(3)4-5-28(18)29-10-15(20(31)21(32)19(29)23(30)34)22(33)27-9-14-16(25)7-13(24)8-17(14)26/h7-8,10-12,18,32H,4-6,9H2,1-3H3,(H,27,33)/t12-,18-/m1/s1. The Balaban J connectivity index is 1.72. The van der Waals surface area contributed by atoms with Gasteiger partial charge in [-0.1, -0.05) is 6.92 Å². The van der Waals surface area contributed by atoms with E-state index in [-0.39, 0.29) is 17.9 Å². The van der Waals surface area contributed by atoms with Gasteiger partial charge < -0.3 is 15.3 Å². The monoisotopic (exact) mass is 478 g/mol. The van der Waals surface area contributed by atoms with E-state index in [0.29, 0.717) is 31.0 Å². The molecule has 0 spiro atoms. The lowest BCUT2D eigenvalue weighted by Gasteiger charge is -2.51. The van der Waals surface area contributed by atoms with E-state index >= 15 is 0 Å². The maximum atomic E-state index is 13.9. The minimum atomic E-state index is -1.19. The molecule has 0 saturated carbocycles. The number of amides is 2. The molecular weight excluding hydrogens is 453 g/mol. The fourth-order valence-electron chi connectivity index (χ4n) is 4.60. The fraction of sp³-hybridized carbons (Fsp3) is 0.435. The van der Waals surface area contributed by atoms with Crippen molar-refractivity contribution in [1.29, 1.82) is 0 Å². The lowest BCUT2D eigenvalue weighted by molar-refractivity contribution is 0.0385. The maximum Gasteiger partial charge on any atom is 0.278 e. The molecule has 34 heavy (non-hydrogen) atoms. The number of hydrogen-bond donors (Lipinski definition) is 2. The van der Waals surface area contributed by atoms with Gasteiger partial charge in [-0.05, 0) is 32.6 Å². The van der Waals surface area contributed by atoms with E-state index in [9.17, 15) is 32.7 Å². The van der Waals surface area contributed by atoms with Gasteiger partial charge >= 0.3 is 0 Å². The molecule has 0 bridgehead atoms. The molecule has 4 rings (SSSR count). The zero-order chi connectivity index (χ0) is 24.9. The highest BCUT2D eigenvalue weighted by Gasteiger charge is 2.43. The Hall–Kier alpha value is -3.50. The van der Waals surface area contributed by atoms with E-state index in [1.807, 2.05) is 18.9 Å². The summed E-state index contributed by atoms with van der Waals surface area (Å²) in [5.41, 5.74) is -2.39. The lowest BCUT2D eigenvalue weighted by Crippen LogP contribution is -2.65. The van der Waals surface area contributed by atoms with Gasteiger partial charge in [0, 0.05) is 43.0 Å². The summed E-state index contributed by atoms with van der Waals surface area (Å²) >= 11 is 0. The number of aromatic hydroxyl groups is 1. The Labute approximate surface area is 193 Å². The molecular formula is C23H25F3N4O4. The smallest absolute Gasteiger partial charge is 0.278 e. The second-order valence-electron chi connectivity index (χ2n) is 9.02. The molecule has 1 aromatic carbocycles. The van der Waals surface area contributed by atoms with E-state index in [1.165, 1.54) is 10.9 Å². The lowest BCUT2D eigenvalue weighted by atomic mass is 9.95. The van der Waals surface area contributed by atoms with Crippen LogP contribution in [0.1, 0.15) is 60.0 Å². The summed E-state index contributed by atoms with van der Waals surface area (Å²) in [7, 11) is 0. The first kappa shape index (κ1) is 23.7. The third-order valence-electron chi connectivity index (χ3n) is 6.34. The number of aromatic nitrogens is 1. The zero-order valence-electron chi connectivity index (χ0n) is 18.9. The van der Waals surface area contributed by atoms with Gasteiger partial charge in [0.05, 0.1) is 0 Å². The van der Waals surface area contributed by atoms with E-state index < -0.39 is 58.1 Å². The van der Waals surface area contributed by atoms with E-state index in [0.717, 1.165) is 6.42 Å². The molecule has 1 saturated heterocycles. The molecule has 2 atom stereocenters. The van der Waals surface area contributed by atoms with Gasteiger partial charge in [0.1, 0.15) is 29.2 Å². The Kier molecular flexibility index (Phi) is 6.05. The van der Waals surface area contributed by atoms with E-state index in [2.05, 4.69) is 12.2 Å². The Morgan fingerprint density at radius 3 is 2.47 bits per heavy atom. The Morgan fingerprint density at radius 2 is 1.85 bits per heavy atom. The van der Waals surface area contributed by atoms with Gasteiger partial charge in [-0.3, -0.25) is 24.1 Å². The van der Waals surface area contributed by atoms with Crippen molar-refractivity contribution in [2.24, 2.45) is 5.92 Å². The summed E-state index contributed by atoms with van der Waals surface area (Å²) in [6.07, 6.45) is 2.31. The van der Waals surface area contributed by atoms with E-state index in [4.69, 9.17) is 0 Å². The fourth-order valence-corrected chi connectivity index (χ4v) is 4.60. The van der Waals surface area contributed by atoms with Crippen LogP contribution in [0, 0.1) is 23.4 Å². The van der Waals surface area contributed by atoms with Crippen molar-refractivity contribution in [3.63, 3.8) is 0 Å². The number of rotatable bonds is 4. The first-order valence-corrected chi connectivity index (χ1v) is 11.0. The molecule has 1 fully saturated rings. The summed E-state index contributed by atoms with van der Waals surface area (Å²) in [6, 6.07) is 0.763. The van der Waals surface area contributed by atoms with Gasteiger partial charge in [-0.15, -0.1) is 0 Å². The van der Waals surface area contributed by atoms with Crippen LogP contribution in [0.5, 0.6) is 5.75 Å². The molecule has 8 nitrogen and oxygen atoms in total. The Bertz CT molecular complexity index is 1210. The quantitative estimate of drug-likeness (QED) is 0.704. The number of piperidine rings is 1. The van der Waals surface area contributed by atoms with Crippen LogP contribution < -0.4 is 15.8 Å². The number of carbonyl (C=O) groups is 2. The van der Waals surface area contributed by atoms with Gasteiger partial charge in [0.15, 0.2) is 11.4 Å². The average molecular weight is 478 g/mol. The van der Waals surface area contributed by atoms with Gasteiger partial charge in [-0.25, -0.2) is 13.2 Å². The van der Waals surface area contributed by atoms with Crippen molar-refractivity contribution in [2.75, 3.05) is 11.6 Å². The highest BCUT2D eigenvalue weighted by atomic mass is 19.1. The molecule has 2 aromatic rings. The minimum Gasteiger partial charge on any atom is -0.502 e. The molecule has 0 unspecified atom stereocenters. The number of benzene rings is 1. The van der Waals surface area contributed by atoms with Crippen molar-refractivity contribution in [3.05, 3.63) is 62.8 Å². The molecule has 0 aliphatic carbocycles. The van der Waals surface area contributed by atoms with Crippen molar-refractivity contribution in [1.82, 2.24) is 14.9 Å². The van der Waals surface area contributed by atoms with Gasteiger partial charge in [0.25, 0.3) is 11.8 Å². The zero-order valence-corrected chi connectivity index (χ0v) is 18.9. The number of halogens is 3. The second kappa shape index (κ2) is 8.69. The number of nitrogens with one attached hydrogen (secondary N) is 1. The normalized spacial score (nSPS) is 19.8. The summed E-state index contributed by atoms with van der Waals surface area (Å²) in [5, 5.41) is 14.7. The van der Waals surface area contributed by atoms with E-state index in [1.54, 1.807) is 4.90 Å². The molecule has 11 heteroatoms. The molecule has 1 aromatic heterocycles. The van der Waals surface area contributed by atoms with Crippen LogP contribution in [-0.2, 0) is 6.54 Å². The predicted octanol–water partition coefficient (Wildman–Crippen LogP) is 2.46. The summed E-state index contributed by atoms with van der Waals surface area (Å²) in [4.78, 5) is 40.4. The third-order valence-corrected chi connectivity index (χ3v) is 6.34. The summed E-state index contributed by atoms with van der Waals surface area (Å²) in [5.74, 6) is -5.54. The largest absolute Gasteiger partial charge is 0.502 e. The summed E-state index contributed by atoms with van der Waals surface area (Å²) in [6.45, 7) is 5.63. The van der Waals surface area contributed by atoms with Crippen LogP contribution >= 0.6 is 0 Å². The highest BCUT2D eigenvalue weighted by molar-refractivity contribution is 5.99. The van der Waals surface area contributed by atoms with Gasteiger partial charge in [-0.2, -0.15) is 0 Å². The van der Waals surface area contributed by atoms with Crippen molar-refractivity contribution >= 4 is 11.8 Å².